The van der Waals surface area contributed by atoms with Crippen molar-refractivity contribution in [3.63, 3.8) is 0 Å². The zero-order valence-corrected chi connectivity index (χ0v) is 12.0. The minimum absolute atomic E-state index is 0.120. The quantitative estimate of drug-likeness (QED) is 0.609. The number of rotatable bonds is 3. The number of imidazole rings is 1. The fourth-order valence-corrected chi connectivity index (χ4v) is 2.80. The standard InChI is InChI=1S/C12H20N6O3/c1-16(2)11-9-10(15-6-18(11)13)17(5-14-9)12-8(20)3-7(4-19)21-12/h5-8,11-12,19-20H,3-4,13H2,1-2H3/t7-,8?,11?,12+/m0/s1. The average molecular weight is 296 g/mol. The van der Waals surface area contributed by atoms with Gasteiger partial charge in [0.2, 0.25) is 0 Å². The molecule has 3 heterocycles. The highest BCUT2D eigenvalue weighted by Crippen LogP contribution is 2.37. The Morgan fingerprint density at radius 3 is 2.90 bits per heavy atom. The molecule has 9 nitrogen and oxygen atoms in total. The van der Waals surface area contributed by atoms with Gasteiger partial charge < -0.3 is 14.9 Å². The molecule has 116 valence electrons. The monoisotopic (exact) mass is 296 g/mol. The molecule has 1 aromatic heterocycles. The Bertz CT molecular complexity index is 545. The highest BCUT2D eigenvalue weighted by molar-refractivity contribution is 5.64. The van der Waals surface area contributed by atoms with Crippen molar-refractivity contribution >= 4 is 12.2 Å². The molecule has 2 aliphatic rings. The number of ether oxygens (including phenoxy) is 1. The maximum atomic E-state index is 10.1. The lowest BCUT2D eigenvalue weighted by Crippen LogP contribution is -2.43. The van der Waals surface area contributed by atoms with E-state index in [4.69, 9.17) is 15.7 Å². The van der Waals surface area contributed by atoms with Crippen LogP contribution >= 0.6 is 0 Å². The third-order valence-corrected chi connectivity index (χ3v) is 3.77. The zero-order valence-electron chi connectivity index (χ0n) is 12.0. The molecule has 0 radical (unpaired) electrons. The van der Waals surface area contributed by atoms with Crippen molar-refractivity contribution in [3.8, 4) is 0 Å². The summed E-state index contributed by atoms with van der Waals surface area (Å²) >= 11 is 0. The van der Waals surface area contributed by atoms with E-state index in [-0.39, 0.29) is 18.9 Å². The summed E-state index contributed by atoms with van der Waals surface area (Å²) in [7, 11) is 3.80. The van der Waals surface area contributed by atoms with E-state index in [1.165, 1.54) is 11.3 Å². The Hall–Kier alpha value is -1.52. The molecule has 0 bridgehead atoms. The summed E-state index contributed by atoms with van der Waals surface area (Å²) in [5.41, 5.74) is 0.702. The van der Waals surface area contributed by atoms with Crippen LogP contribution in [-0.2, 0) is 4.74 Å². The van der Waals surface area contributed by atoms with Crippen molar-refractivity contribution in [3.05, 3.63) is 12.0 Å². The van der Waals surface area contributed by atoms with Gasteiger partial charge in [-0.1, -0.05) is 0 Å². The van der Waals surface area contributed by atoms with Crippen LogP contribution in [0.15, 0.2) is 11.3 Å². The summed E-state index contributed by atoms with van der Waals surface area (Å²) in [6, 6.07) is 0. The van der Waals surface area contributed by atoms with E-state index in [0.717, 1.165) is 0 Å². The van der Waals surface area contributed by atoms with Gasteiger partial charge in [0, 0.05) is 6.42 Å². The molecular formula is C12H20N6O3. The summed E-state index contributed by atoms with van der Waals surface area (Å²) in [6.45, 7) is -0.120. The van der Waals surface area contributed by atoms with Crippen molar-refractivity contribution in [1.29, 1.82) is 0 Å². The van der Waals surface area contributed by atoms with E-state index < -0.39 is 12.3 Å². The lowest BCUT2D eigenvalue weighted by molar-refractivity contribution is -0.0498. The molecule has 1 aromatic rings. The third kappa shape index (κ3) is 2.32. The largest absolute Gasteiger partial charge is 0.394 e. The van der Waals surface area contributed by atoms with Crippen LogP contribution in [0.25, 0.3) is 0 Å². The Morgan fingerprint density at radius 2 is 2.29 bits per heavy atom. The van der Waals surface area contributed by atoms with Crippen LogP contribution in [0.2, 0.25) is 0 Å². The molecule has 21 heavy (non-hydrogen) atoms. The van der Waals surface area contributed by atoms with E-state index in [0.29, 0.717) is 17.9 Å². The first-order valence-corrected chi connectivity index (χ1v) is 6.77. The van der Waals surface area contributed by atoms with Crippen LogP contribution in [0.5, 0.6) is 0 Å². The molecule has 0 aromatic carbocycles. The van der Waals surface area contributed by atoms with Crippen LogP contribution in [0.4, 0.5) is 5.82 Å². The first-order chi connectivity index (χ1) is 10.0. The van der Waals surface area contributed by atoms with Crippen LogP contribution in [0.1, 0.15) is 24.5 Å². The Kier molecular flexibility index (Phi) is 3.68. The average Bonchev–Trinajstić information content (AvgIpc) is 3.01. The lowest BCUT2D eigenvalue weighted by atomic mass is 10.2. The third-order valence-electron chi connectivity index (χ3n) is 3.77. The van der Waals surface area contributed by atoms with Crippen molar-refractivity contribution in [1.82, 2.24) is 19.5 Å². The van der Waals surface area contributed by atoms with Gasteiger partial charge in [0.15, 0.2) is 12.0 Å². The first kappa shape index (κ1) is 14.4. The Labute approximate surface area is 122 Å². The predicted octanol–water partition coefficient (Wildman–Crippen LogP) is -1.07. The van der Waals surface area contributed by atoms with Gasteiger partial charge >= 0.3 is 0 Å². The summed E-state index contributed by atoms with van der Waals surface area (Å²) < 4.78 is 7.34. The van der Waals surface area contributed by atoms with Gasteiger partial charge in [-0.2, -0.15) is 0 Å². The molecular weight excluding hydrogens is 276 g/mol. The van der Waals surface area contributed by atoms with Crippen LogP contribution in [-0.4, -0.2) is 68.9 Å². The fraction of sp³-hybridized carbons (Fsp3) is 0.667. The summed E-state index contributed by atoms with van der Waals surface area (Å²) in [5.74, 6) is 6.52. The minimum atomic E-state index is -0.704. The van der Waals surface area contributed by atoms with Gasteiger partial charge in [-0.3, -0.25) is 14.5 Å². The molecule has 0 saturated carbocycles. The molecule has 2 unspecified atom stereocenters. The molecule has 0 amide bonds. The van der Waals surface area contributed by atoms with E-state index in [1.54, 1.807) is 10.9 Å². The second kappa shape index (κ2) is 5.35. The molecule has 0 aliphatic carbocycles. The lowest BCUT2D eigenvalue weighted by Gasteiger charge is -2.32. The van der Waals surface area contributed by atoms with Gasteiger partial charge in [0.1, 0.15) is 24.3 Å². The van der Waals surface area contributed by atoms with Gasteiger partial charge in [-0.15, -0.1) is 0 Å². The van der Waals surface area contributed by atoms with Crippen LogP contribution in [0.3, 0.4) is 0 Å². The highest BCUT2D eigenvalue weighted by atomic mass is 16.5. The van der Waals surface area contributed by atoms with Gasteiger partial charge in [0.05, 0.1) is 19.0 Å². The second-order valence-electron chi connectivity index (χ2n) is 5.52. The SMILES string of the molecule is CN(C)C1c2ncn([C@@H]3O[C@H](CO)CC3O)c2N=CN1N. The van der Waals surface area contributed by atoms with E-state index in [2.05, 4.69) is 9.98 Å². The van der Waals surface area contributed by atoms with Crippen molar-refractivity contribution < 1.29 is 14.9 Å². The Morgan fingerprint density at radius 1 is 1.52 bits per heavy atom. The maximum Gasteiger partial charge on any atom is 0.163 e. The summed E-state index contributed by atoms with van der Waals surface area (Å²) in [4.78, 5) is 10.6. The second-order valence-corrected chi connectivity index (χ2v) is 5.52. The topological polar surface area (TPSA) is 112 Å². The number of aromatic nitrogens is 2. The summed E-state index contributed by atoms with van der Waals surface area (Å²) in [5, 5.41) is 20.7. The molecule has 4 N–H and O–H groups in total. The van der Waals surface area contributed by atoms with E-state index in [9.17, 15) is 5.11 Å². The number of aliphatic imine (C=N–C) groups is 1. The number of aliphatic hydroxyl groups is 2. The normalized spacial score (nSPS) is 32.0. The number of hydrazine groups is 1. The summed E-state index contributed by atoms with van der Waals surface area (Å²) in [6.07, 6.45) is 1.60. The number of aliphatic hydroxyl groups excluding tert-OH is 2. The van der Waals surface area contributed by atoms with Crippen molar-refractivity contribution in [2.45, 2.75) is 31.0 Å². The van der Waals surface area contributed by atoms with Crippen molar-refractivity contribution in [2.24, 2.45) is 10.8 Å². The van der Waals surface area contributed by atoms with Crippen LogP contribution in [0, 0.1) is 0 Å². The van der Waals surface area contributed by atoms with Gasteiger partial charge in [-0.25, -0.2) is 15.8 Å². The van der Waals surface area contributed by atoms with Crippen molar-refractivity contribution in [2.75, 3.05) is 20.7 Å². The molecule has 1 saturated heterocycles. The highest BCUT2D eigenvalue weighted by Gasteiger charge is 2.38. The smallest absolute Gasteiger partial charge is 0.163 e. The number of nitrogens with two attached hydrogens (primary N) is 1. The molecule has 3 rings (SSSR count). The molecule has 2 aliphatic heterocycles. The first-order valence-electron chi connectivity index (χ1n) is 6.77. The number of hydrogen-bond donors (Lipinski definition) is 3. The van der Waals surface area contributed by atoms with E-state index in [1.807, 2.05) is 19.0 Å². The molecule has 4 atom stereocenters. The Balaban J connectivity index is 1.95. The number of nitrogens with zero attached hydrogens (tertiary/aromatic N) is 5. The zero-order chi connectivity index (χ0) is 15.1. The molecule has 1 fully saturated rings. The number of hydrogen-bond acceptors (Lipinski definition) is 8. The van der Waals surface area contributed by atoms with E-state index >= 15 is 0 Å². The molecule has 9 heteroatoms. The van der Waals surface area contributed by atoms with Gasteiger partial charge in [-0.05, 0) is 14.1 Å². The predicted molar refractivity (Wildman–Crippen MR) is 74.5 cm³/mol. The van der Waals surface area contributed by atoms with Crippen LogP contribution < -0.4 is 5.84 Å². The molecule has 0 spiro atoms. The van der Waals surface area contributed by atoms with Gasteiger partial charge in [0.25, 0.3) is 0 Å². The minimum Gasteiger partial charge on any atom is -0.394 e. The fourth-order valence-electron chi connectivity index (χ4n) is 2.80. The number of fused-ring (bicyclic) bond motifs is 1. The maximum absolute atomic E-state index is 10.1.